The summed E-state index contributed by atoms with van der Waals surface area (Å²) in [6.45, 7) is 4.47. The Morgan fingerprint density at radius 3 is 2.71 bits per heavy atom. The maximum Gasteiger partial charge on any atom is 0.408 e. The molecule has 3 atom stereocenters. The van der Waals surface area contributed by atoms with E-state index in [4.69, 9.17) is 4.52 Å². The van der Waals surface area contributed by atoms with Crippen molar-refractivity contribution in [1.29, 1.82) is 0 Å². The molecule has 3 N–H and O–H groups in total. The fourth-order valence-electron chi connectivity index (χ4n) is 3.74. The Labute approximate surface area is 196 Å². The van der Waals surface area contributed by atoms with Gasteiger partial charge in [-0.2, -0.15) is 13.2 Å². The standard InChI is InChI=1S/C22H21F3N4O4S/c1-10-16-17(13-6-4-5-7-15(13)34-11(2)20(16)33-28-10)27-29-9-8-14(30)19(31)18(29)21(32)26-12(3)22(23,24)25/h4-9,11-12,17,27,31H,1-3H3,(H,26,32)/t11?,12-,17?/m1/s1. The average Bonchev–Trinajstić information content (AvgIpc) is 3.10. The molecule has 1 aliphatic rings. The molecule has 0 fully saturated rings. The van der Waals surface area contributed by atoms with Crippen molar-refractivity contribution in [3.05, 3.63) is 75.0 Å². The quantitative estimate of drug-likeness (QED) is 0.502. The molecule has 4 rings (SSSR count). The monoisotopic (exact) mass is 494 g/mol. The number of fused-ring (bicyclic) bond motifs is 2. The summed E-state index contributed by atoms with van der Waals surface area (Å²) in [6, 6.07) is 5.64. The second-order valence-corrected chi connectivity index (χ2v) is 9.27. The molecule has 2 unspecified atom stereocenters. The van der Waals surface area contributed by atoms with Gasteiger partial charge in [0.2, 0.25) is 5.43 Å². The van der Waals surface area contributed by atoms with E-state index in [9.17, 15) is 27.9 Å². The molecule has 12 heteroatoms. The molecule has 3 aromatic rings. The molecular weight excluding hydrogens is 473 g/mol. The summed E-state index contributed by atoms with van der Waals surface area (Å²) < 4.78 is 45.7. The highest BCUT2D eigenvalue weighted by molar-refractivity contribution is 7.99. The molecule has 34 heavy (non-hydrogen) atoms. The maximum absolute atomic E-state index is 13.0. The van der Waals surface area contributed by atoms with E-state index in [2.05, 4.69) is 10.6 Å². The number of nitrogens with one attached hydrogen (secondary N) is 2. The van der Waals surface area contributed by atoms with Crippen LogP contribution in [-0.2, 0) is 0 Å². The van der Waals surface area contributed by atoms with Crippen molar-refractivity contribution in [2.24, 2.45) is 0 Å². The molecule has 1 aromatic carbocycles. The Morgan fingerprint density at radius 1 is 1.29 bits per heavy atom. The molecule has 0 aliphatic carbocycles. The van der Waals surface area contributed by atoms with Crippen LogP contribution in [0.15, 0.2) is 50.7 Å². The number of aromatic nitrogens is 2. The van der Waals surface area contributed by atoms with Crippen LogP contribution < -0.4 is 16.2 Å². The van der Waals surface area contributed by atoms with Gasteiger partial charge in [-0.3, -0.25) is 14.3 Å². The normalized spacial score (nSPS) is 18.4. The number of carbonyl (C=O) groups is 1. The van der Waals surface area contributed by atoms with Crippen LogP contribution in [0.4, 0.5) is 13.2 Å². The van der Waals surface area contributed by atoms with E-state index in [0.29, 0.717) is 17.0 Å². The number of benzene rings is 1. The van der Waals surface area contributed by atoms with Gasteiger partial charge in [0.15, 0.2) is 17.2 Å². The van der Waals surface area contributed by atoms with Crippen molar-refractivity contribution in [2.75, 3.05) is 5.43 Å². The molecule has 1 aliphatic heterocycles. The Hall–Kier alpha value is -3.41. The van der Waals surface area contributed by atoms with Crippen molar-refractivity contribution < 1.29 is 27.6 Å². The van der Waals surface area contributed by atoms with E-state index < -0.39 is 41.0 Å². The van der Waals surface area contributed by atoms with Gasteiger partial charge >= 0.3 is 6.18 Å². The zero-order valence-corrected chi connectivity index (χ0v) is 19.1. The van der Waals surface area contributed by atoms with Crippen LogP contribution in [0.2, 0.25) is 0 Å². The number of alkyl halides is 3. The van der Waals surface area contributed by atoms with Crippen LogP contribution in [0.1, 0.15) is 58.2 Å². The average molecular weight is 494 g/mol. The third-order valence-corrected chi connectivity index (χ3v) is 6.72. The predicted molar refractivity (Wildman–Crippen MR) is 119 cm³/mol. The minimum absolute atomic E-state index is 0.0954. The first kappa shape index (κ1) is 23.7. The number of hydrogen-bond acceptors (Lipinski definition) is 7. The fraction of sp³-hybridized carbons (Fsp3) is 0.318. The van der Waals surface area contributed by atoms with E-state index in [1.54, 1.807) is 24.0 Å². The number of pyridine rings is 1. The molecule has 0 spiro atoms. The third-order valence-electron chi connectivity index (χ3n) is 5.52. The van der Waals surface area contributed by atoms with Crippen LogP contribution in [0, 0.1) is 6.92 Å². The SMILES string of the molecule is Cc1noc2c1C(Nn1ccc(=O)c(O)c1C(=O)N[C@H](C)C(F)(F)F)c1ccccc1SC2C. The molecular formula is C22H21F3N4O4S. The Bertz CT molecular complexity index is 1300. The molecule has 2 aromatic heterocycles. The highest BCUT2D eigenvalue weighted by Gasteiger charge is 2.38. The summed E-state index contributed by atoms with van der Waals surface area (Å²) in [7, 11) is 0. The summed E-state index contributed by atoms with van der Waals surface area (Å²) in [4.78, 5) is 25.7. The Balaban J connectivity index is 1.83. The van der Waals surface area contributed by atoms with Crippen LogP contribution in [-0.4, -0.2) is 33.1 Å². The molecule has 1 amide bonds. The number of aryl methyl sites for hydroxylation is 1. The van der Waals surface area contributed by atoms with Gasteiger partial charge in [0.05, 0.1) is 17.0 Å². The molecule has 3 heterocycles. The number of thioether (sulfide) groups is 1. The van der Waals surface area contributed by atoms with E-state index in [-0.39, 0.29) is 5.25 Å². The number of rotatable bonds is 4. The summed E-state index contributed by atoms with van der Waals surface area (Å²) in [5.41, 5.74) is 3.59. The predicted octanol–water partition coefficient (Wildman–Crippen LogP) is 4.03. The summed E-state index contributed by atoms with van der Waals surface area (Å²) in [6.07, 6.45) is -3.53. The number of carbonyl (C=O) groups excluding carboxylic acids is 1. The zero-order chi connectivity index (χ0) is 24.8. The lowest BCUT2D eigenvalue weighted by molar-refractivity contribution is -0.149. The summed E-state index contributed by atoms with van der Waals surface area (Å²) >= 11 is 1.54. The minimum atomic E-state index is -4.71. The minimum Gasteiger partial charge on any atom is -0.502 e. The molecule has 180 valence electrons. The van der Waals surface area contributed by atoms with Gasteiger partial charge in [-0.25, -0.2) is 0 Å². The second kappa shape index (κ2) is 8.75. The Kier molecular flexibility index (Phi) is 6.11. The first-order chi connectivity index (χ1) is 16.0. The zero-order valence-electron chi connectivity index (χ0n) is 18.3. The van der Waals surface area contributed by atoms with Crippen LogP contribution in [0.25, 0.3) is 0 Å². The van der Waals surface area contributed by atoms with Gasteiger partial charge in [0, 0.05) is 22.7 Å². The maximum atomic E-state index is 13.0. The van der Waals surface area contributed by atoms with Crippen molar-refractivity contribution >= 4 is 17.7 Å². The number of hydrogen-bond donors (Lipinski definition) is 3. The van der Waals surface area contributed by atoms with Crippen molar-refractivity contribution in [1.82, 2.24) is 15.1 Å². The molecule has 0 saturated heterocycles. The number of amides is 1. The summed E-state index contributed by atoms with van der Waals surface area (Å²) in [5, 5.41) is 16.1. The number of aromatic hydroxyl groups is 1. The lowest BCUT2D eigenvalue weighted by Crippen LogP contribution is -2.44. The van der Waals surface area contributed by atoms with Gasteiger partial charge < -0.3 is 20.4 Å². The number of nitrogens with zero attached hydrogens (tertiary/aromatic N) is 2. The van der Waals surface area contributed by atoms with E-state index in [1.807, 2.05) is 31.2 Å². The number of halogens is 3. The highest BCUT2D eigenvalue weighted by atomic mass is 32.2. The first-order valence-electron chi connectivity index (χ1n) is 10.3. The first-order valence-corrected chi connectivity index (χ1v) is 11.2. The van der Waals surface area contributed by atoms with E-state index in [0.717, 1.165) is 28.1 Å². The molecule has 0 radical (unpaired) electrons. The third kappa shape index (κ3) is 4.25. The van der Waals surface area contributed by atoms with Gasteiger partial charge in [-0.15, -0.1) is 11.8 Å². The van der Waals surface area contributed by atoms with Crippen molar-refractivity contribution in [3.63, 3.8) is 0 Å². The van der Waals surface area contributed by atoms with Gasteiger partial charge in [0.1, 0.15) is 6.04 Å². The van der Waals surface area contributed by atoms with Crippen molar-refractivity contribution in [3.8, 4) is 5.75 Å². The van der Waals surface area contributed by atoms with Crippen LogP contribution in [0.3, 0.4) is 0 Å². The highest BCUT2D eigenvalue weighted by Crippen LogP contribution is 2.47. The molecule has 8 nitrogen and oxygen atoms in total. The van der Waals surface area contributed by atoms with Gasteiger partial charge in [-0.1, -0.05) is 23.4 Å². The summed E-state index contributed by atoms with van der Waals surface area (Å²) in [5.74, 6) is -1.65. The van der Waals surface area contributed by atoms with Crippen molar-refractivity contribution in [2.45, 2.75) is 49.2 Å². The van der Waals surface area contributed by atoms with E-state index in [1.165, 1.54) is 6.20 Å². The van der Waals surface area contributed by atoms with Gasteiger partial charge in [0.25, 0.3) is 5.91 Å². The lowest BCUT2D eigenvalue weighted by Gasteiger charge is -2.25. The van der Waals surface area contributed by atoms with E-state index >= 15 is 0 Å². The van der Waals surface area contributed by atoms with Crippen LogP contribution in [0.5, 0.6) is 5.75 Å². The molecule has 0 saturated carbocycles. The second-order valence-electron chi connectivity index (χ2n) is 7.89. The Morgan fingerprint density at radius 2 is 2.00 bits per heavy atom. The largest absolute Gasteiger partial charge is 0.502 e. The fourth-order valence-corrected chi connectivity index (χ4v) is 4.87. The smallest absolute Gasteiger partial charge is 0.408 e. The molecule has 0 bridgehead atoms. The van der Waals surface area contributed by atoms with Gasteiger partial charge in [-0.05, 0) is 32.4 Å². The topological polar surface area (TPSA) is 109 Å². The lowest BCUT2D eigenvalue weighted by atomic mass is 9.97. The van der Waals surface area contributed by atoms with Crippen LogP contribution >= 0.6 is 11.8 Å².